The van der Waals surface area contributed by atoms with E-state index in [0.29, 0.717) is 18.4 Å². The highest BCUT2D eigenvalue weighted by atomic mass is 35.5. The average molecular weight is 253 g/mol. The number of hydrogen-bond acceptors (Lipinski definition) is 2. The third kappa shape index (κ3) is 2.37. The maximum atomic E-state index is 6.42. The number of fused-ring (bicyclic) bond motifs is 1. The Morgan fingerprint density at radius 3 is 2.59 bits per heavy atom. The van der Waals surface area contributed by atoms with E-state index in [0.717, 1.165) is 23.7 Å². The molecule has 0 N–H and O–H groups in total. The topological polar surface area (TPSA) is 18.5 Å². The first-order valence-electron chi connectivity index (χ1n) is 6.27. The molecule has 2 atom stereocenters. The van der Waals surface area contributed by atoms with Crippen molar-refractivity contribution in [3.63, 3.8) is 0 Å². The van der Waals surface area contributed by atoms with E-state index >= 15 is 0 Å². The highest BCUT2D eigenvalue weighted by molar-refractivity contribution is 6.21. The number of ether oxygens (including phenoxy) is 2. The van der Waals surface area contributed by atoms with Crippen LogP contribution >= 0.6 is 11.6 Å². The van der Waals surface area contributed by atoms with Crippen LogP contribution in [0.5, 0.6) is 11.5 Å². The smallest absolute Gasteiger partial charge is 0.161 e. The fourth-order valence-electron chi connectivity index (χ4n) is 2.10. The summed E-state index contributed by atoms with van der Waals surface area (Å²) < 4.78 is 11.5. The lowest BCUT2D eigenvalue weighted by Gasteiger charge is -2.12. The van der Waals surface area contributed by atoms with Gasteiger partial charge in [0, 0.05) is 5.92 Å². The highest BCUT2D eigenvalue weighted by Crippen LogP contribution is 2.46. The molecule has 0 radical (unpaired) electrons. The van der Waals surface area contributed by atoms with Crippen LogP contribution < -0.4 is 9.47 Å². The van der Waals surface area contributed by atoms with Crippen molar-refractivity contribution >= 4 is 11.6 Å². The zero-order chi connectivity index (χ0) is 11.8. The van der Waals surface area contributed by atoms with Crippen molar-refractivity contribution in [2.45, 2.75) is 25.1 Å². The first kappa shape index (κ1) is 11.2. The molecule has 1 aliphatic heterocycles. The molecule has 2 unspecified atom stereocenters. The predicted octanol–water partition coefficient (Wildman–Crippen LogP) is 3.78. The number of benzene rings is 1. The molecular weight excluding hydrogens is 236 g/mol. The van der Waals surface area contributed by atoms with Gasteiger partial charge in [-0.3, -0.25) is 0 Å². The molecule has 0 aromatic heterocycles. The van der Waals surface area contributed by atoms with Gasteiger partial charge in [0.2, 0.25) is 0 Å². The van der Waals surface area contributed by atoms with Crippen molar-refractivity contribution in [3.8, 4) is 11.5 Å². The number of alkyl halides is 1. The summed E-state index contributed by atoms with van der Waals surface area (Å²) in [5.74, 6) is 2.78. The minimum absolute atomic E-state index is 0.129. The van der Waals surface area contributed by atoms with Gasteiger partial charge in [0.05, 0.1) is 18.6 Å². The Kier molecular flexibility index (Phi) is 2.91. The van der Waals surface area contributed by atoms with E-state index in [1.54, 1.807) is 0 Å². The Balaban J connectivity index is 1.85. The van der Waals surface area contributed by atoms with Crippen molar-refractivity contribution in [1.82, 2.24) is 0 Å². The van der Waals surface area contributed by atoms with Crippen LogP contribution in [0.3, 0.4) is 0 Å². The van der Waals surface area contributed by atoms with Crippen molar-refractivity contribution in [2.75, 3.05) is 13.2 Å². The van der Waals surface area contributed by atoms with Gasteiger partial charge in [-0.1, -0.05) is 13.0 Å². The second-order valence-corrected chi connectivity index (χ2v) is 5.64. The molecule has 2 nitrogen and oxygen atoms in total. The molecule has 0 spiro atoms. The third-order valence-corrected chi connectivity index (χ3v) is 3.98. The lowest BCUT2D eigenvalue weighted by Crippen LogP contribution is -2.12. The summed E-state index contributed by atoms with van der Waals surface area (Å²) >= 11 is 6.42. The molecule has 1 heterocycles. The maximum Gasteiger partial charge on any atom is 0.161 e. The van der Waals surface area contributed by atoms with E-state index in [-0.39, 0.29) is 5.38 Å². The van der Waals surface area contributed by atoms with Crippen molar-refractivity contribution < 1.29 is 9.47 Å². The molecule has 17 heavy (non-hydrogen) atoms. The summed E-state index contributed by atoms with van der Waals surface area (Å²) in [7, 11) is 0. The van der Waals surface area contributed by atoms with Crippen LogP contribution in [-0.4, -0.2) is 13.2 Å². The summed E-state index contributed by atoms with van der Waals surface area (Å²) in [6.45, 7) is 3.56. The summed E-state index contributed by atoms with van der Waals surface area (Å²) in [5.41, 5.74) is 1.16. The van der Waals surface area contributed by atoms with Gasteiger partial charge in [-0.15, -0.1) is 11.6 Å². The molecule has 0 saturated heterocycles. The van der Waals surface area contributed by atoms with Crippen LogP contribution in [0.15, 0.2) is 18.2 Å². The van der Waals surface area contributed by atoms with Gasteiger partial charge in [-0.2, -0.15) is 0 Å². The fraction of sp³-hybridized carbons (Fsp3) is 0.571. The van der Waals surface area contributed by atoms with Crippen LogP contribution in [0.2, 0.25) is 0 Å². The number of rotatable bonds is 2. The zero-order valence-corrected chi connectivity index (χ0v) is 10.7. The molecule has 0 amide bonds. The second-order valence-electron chi connectivity index (χ2n) is 5.17. The first-order valence-corrected chi connectivity index (χ1v) is 6.71. The van der Waals surface area contributed by atoms with Gasteiger partial charge in [0.15, 0.2) is 11.5 Å². The van der Waals surface area contributed by atoms with E-state index in [9.17, 15) is 0 Å². The zero-order valence-electron chi connectivity index (χ0n) is 9.99. The van der Waals surface area contributed by atoms with Crippen LogP contribution in [0.4, 0.5) is 0 Å². The maximum absolute atomic E-state index is 6.42. The highest BCUT2D eigenvalue weighted by Gasteiger charge is 2.31. The van der Waals surface area contributed by atoms with Crippen molar-refractivity contribution in [2.24, 2.45) is 11.8 Å². The van der Waals surface area contributed by atoms with Gasteiger partial charge < -0.3 is 9.47 Å². The predicted molar refractivity (Wildman–Crippen MR) is 67.9 cm³/mol. The molecular formula is C14H17ClO2. The summed E-state index contributed by atoms with van der Waals surface area (Å²) in [6, 6.07) is 6.10. The molecule has 1 aromatic carbocycles. The molecule has 3 heteroatoms. The lowest BCUT2D eigenvalue weighted by atomic mass is 10.1. The van der Waals surface area contributed by atoms with Crippen molar-refractivity contribution in [1.29, 1.82) is 0 Å². The van der Waals surface area contributed by atoms with E-state index in [4.69, 9.17) is 21.1 Å². The Hall–Kier alpha value is -0.890. The Morgan fingerprint density at radius 2 is 1.88 bits per heavy atom. The van der Waals surface area contributed by atoms with Crippen LogP contribution in [0.1, 0.15) is 30.7 Å². The second kappa shape index (κ2) is 4.41. The molecule has 1 fully saturated rings. The summed E-state index contributed by atoms with van der Waals surface area (Å²) in [6.07, 6.45) is 2.50. The standard InChI is InChI=1S/C14H17ClO2/c1-9-7-16-12-5-4-11(6-13(12)17-8-9)14(15)10-2-3-10/h4-6,9-10,14H,2-3,7-8H2,1H3. The van der Waals surface area contributed by atoms with E-state index in [2.05, 4.69) is 13.0 Å². The molecule has 1 aromatic rings. The summed E-state index contributed by atoms with van der Waals surface area (Å²) in [5, 5.41) is 0.129. The van der Waals surface area contributed by atoms with Gasteiger partial charge in [-0.05, 0) is 36.5 Å². The lowest BCUT2D eigenvalue weighted by molar-refractivity contribution is 0.228. The largest absolute Gasteiger partial charge is 0.489 e. The Labute approximate surface area is 107 Å². The van der Waals surface area contributed by atoms with Crippen LogP contribution in [0, 0.1) is 11.8 Å². The molecule has 92 valence electrons. The normalized spacial score (nSPS) is 25.2. The third-order valence-electron chi connectivity index (χ3n) is 3.37. The molecule has 2 aliphatic rings. The first-order chi connectivity index (χ1) is 8.24. The number of hydrogen-bond donors (Lipinski definition) is 0. The van der Waals surface area contributed by atoms with Gasteiger partial charge in [-0.25, -0.2) is 0 Å². The van der Waals surface area contributed by atoms with Crippen LogP contribution in [0.25, 0.3) is 0 Å². The molecule has 0 bridgehead atoms. The quantitative estimate of drug-likeness (QED) is 0.746. The average Bonchev–Trinajstić information content (AvgIpc) is 3.16. The van der Waals surface area contributed by atoms with Gasteiger partial charge in [0.1, 0.15) is 0 Å². The van der Waals surface area contributed by atoms with Crippen molar-refractivity contribution in [3.05, 3.63) is 23.8 Å². The Bertz CT molecular complexity index is 415. The number of halogens is 1. The minimum atomic E-state index is 0.129. The summed E-state index contributed by atoms with van der Waals surface area (Å²) in [4.78, 5) is 0. The van der Waals surface area contributed by atoms with Crippen LogP contribution in [-0.2, 0) is 0 Å². The van der Waals surface area contributed by atoms with E-state index < -0.39 is 0 Å². The SMILES string of the molecule is CC1COc2ccc(C(Cl)C3CC3)cc2OC1. The fourth-order valence-corrected chi connectivity index (χ4v) is 2.49. The Morgan fingerprint density at radius 1 is 1.18 bits per heavy atom. The molecule has 1 saturated carbocycles. The monoisotopic (exact) mass is 252 g/mol. The van der Waals surface area contributed by atoms with E-state index in [1.165, 1.54) is 12.8 Å². The molecule has 3 rings (SSSR count). The van der Waals surface area contributed by atoms with Gasteiger partial charge in [0.25, 0.3) is 0 Å². The minimum Gasteiger partial charge on any atom is -0.489 e. The van der Waals surface area contributed by atoms with E-state index in [1.807, 2.05) is 12.1 Å². The van der Waals surface area contributed by atoms with Gasteiger partial charge >= 0.3 is 0 Å². The molecule has 1 aliphatic carbocycles.